The van der Waals surface area contributed by atoms with Crippen molar-refractivity contribution in [2.24, 2.45) is 0 Å². The number of anilines is 1. The first kappa shape index (κ1) is 32.8. The number of halogens is 2. The third-order valence-corrected chi connectivity index (χ3v) is 10.6. The van der Waals surface area contributed by atoms with Gasteiger partial charge in [-0.1, -0.05) is 91.3 Å². The molecule has 0 bridgehead atoms. The molecule has 0 aliphatic heterocycles. The van der Waals surface area contributed by atoms with Crippen LogP contribution in [0, 0.1) is 13.8 Å². The first-order valence-corrected chi connectivity index (χ1v) is 16.9. The zero-order valence-electron chi connectivity index (χ0n) is 24.9. The molecule has 0 aromatic heterocycles. The molecule has 1 fully saturated rings. The maximum atomic E-state index is 14.3. The lowest BCUT2D eigenvalue weighted by Gasteiger charge is -2.35. The Morgan fingerprint density at radius 3 is 2.21 bits per heavy atom. The van der Waals surface area contributed by atoms with Gasteiger partial charge in [0, 0.05) is 22.6 Å². The number of rotatable bonds is 11. The first-order chi connectivity index (χ1) is 20.5. The number of carbonyl (C=O) groups is 2. The van der Waals surface area contributed by atoms with Crippen molar-refractivity contribution < 1.29 is 18.0 Å². The van der Waals surface area contributed by atoms with Crippen molar-refractivity contribution in [1.82, 2.24) is 10.2 Å². The van der Waals surface area contributed by atoms with Crippen LogP contribution in [0.25, 0.3) is 0 Å². The van der Waals surface area contributed by atoms with E-state index in [0.717, 1.165) is 42.0 Å². The first-order valence-electron chi connectivity index (χ1n) is 14.7. The largest absolute Gasteiger partial charge is 0.352 e. The van der Waals surface area contributed by atoms with Gasteiger partial charge in [0.1, 0.15) is 12.6 Å². The van der Waals surface area contributed by atoms with E-state index in [-0.39, 0.29) is 23.4 Å². The molecule has 10 heteroatoms. The number of sulfonamides is 1. The van der Waals surface area contributed by atoms with E-state index in [1.807, 2.05) is 19.9 Å². The zero-order valence-corrected chi connectivity index (χ0v) is 27.2. The summed E-state index contributed by atoms with van der Waals surface area (Å²) in [6.45, 7) is 4.94. The quantitative estimate of drug-likeness (QED) is 0.242. The van der Waals surface area contributed by atoms with E-state index in [9.17, 15) is 18.0 Å². The van der Waals surface area contributed by atoms with Crippen LogP contribution < -0.4 is 9.62 Å². The minimum Gasteiger partial charge on any atom is -0.352 e. The molecule has 2 amide bonds. The van der Waals surface area contributed by atoms with E-state index in [0.29, 0.717) is 33.3 Å². The van der Waals surface area contributed by atoms with Gasteiger partial charge in [-0.25, -0.2) is 8.42 Å². The Balaban J connectivity index is 1.75. The van der Waals surface area contributed by atoms with E-state index in [1.54, 1.807) is 55.5 Å². The molecule has 1 aliphatic carbocycles. The van der Waals surface area contributed by atoms with Crippen molar-refractivity contribution in [1.29, 1.82) is 0 Å². The average molecular weight is 645 g/mol. The molecule has 1 aliphatic rings. The van der Waals surface area contributed by atoms with Gasteiger partial charge in [-0.2, -0.15) is 0 Å². The lowest BCUT2D eigenvalue weighted by atomic mass is 9.95. The van der Waals surface area contributed by atoms with E-state index < -0.39 is 28.5 Å². The van der Waals surface area contributed by atoms with E-state index in [4.69, 9.17) is 23.2 Å². The van der Waals surface area contributed by atoms with Gasteiger partial charge in [-0.15, -0.1) is 0 Å². The summed E-state index contributed by atoms with van der Waals surface area (Å²) in [4.78, 5) is 29.5. The van der Waals surface area contributed by atoms with Crippen molar-refractivity contribution in [3.05, 3.63) is 93.5 Å². The van der Waals surface area contributed by atoms with E-state index >= 15 is 0 Å². The van der Waals surface area contributed by atoms with Gasteiger partial charge >= 0.3 is 0 Å². The number of aryl methyl sites for hydroxylation is 1. The lowest BCUT2D eigenvalue weighted by molar-refractivity contribution is -0.140. The van der Waals surface area contributed by atoms with Crippen molar-refractivity contribution in [3.8, 4) is 0 Å². The summed E-state index contributed by atoms with van der Waals surface area (Å²) in [6.07, 6.45) is 5.39. The SMILES string of the molecule is CCC(C(=O)NC1CCCCC1)N(Cc1ccccc1Cl)C(=O)CN(c1cccc(Cl)c1C)S(=O)(=O)c1ccc(C)cc1. The molecule has 0 spiro atoms. The van der Waals surface area contributed by atoms with Gasteiger partial charge in [0.05, 0.1) is 10.6 Å². The molecule has 7 nitrogen and oxygen atoms in total. The van der Waals surface area contributed by atoms with Crippen molar-refractivity contribution in [2.45, 2.75) is 82.8 Å². The molecule has 0 heterocycles. The second-order valence-corrected chi connectivity index (χ2v) is 13.8. The summed E-state index contributed by atoms with van der Waals surface area (Å²) in [5.41, 5.74) is 2.38. The highest BCUT2D eigenvalue weighted by atomic mass is 35.5. The minimum atomic E-state index is -4.19. The minimum absolute atomic E-state index is 0.0437. The Bertz CT molecular complexity index is 1540. The topological polar surface area (TPSA) is 86.8 Å². The molecule has 1 unspecified atom stereocenters. The molecular weight excluding hydrogens is 605 g/mol. The Morgan fingerprint density at radius 2 is 1.56 bits per heavy atom. The van der Waals surface area contributed by atoms with Crippen LogP contribution in [0.3, 0.4) is 0 Å². The molecule has 0 radical (unpaired) electrons. The number of nitrogens with one attached hydrogen (secondary N) is 1. The van der Waals surface area contributed by atoms with Crippen LogP contribution in [0.15, 0.2) is 71.6 Å². The predicted molar refractivity (Wildman–Crippen MR) is 173 cm³/mol. The molecule has 4 rings (SSSR count). The fourth-order valence-electron chi connectivity index (χ4n) is 5.49. The van der Waals surface area contributed by atoms with Crippen LogP contribution in [0.1, 0.15) is 62.1 Å². The Kier molecular flexibility index (Phi) is 11.2. The fourth-order valence-corrected chi connectivity index (χ4v) is 7.33. The van der Waals surface area contributed by atoms with E-state index in [2.05, 4.69) is 5.32 Å². The monoisotopic (exact) mass is 643 g/mol. The second kappa shape index (κ2) is 14.6. The van der Waals surface area contributed by atoms with Gasteiger partial charge in [0.15, 0.2) is 0 Å². The number of carbonyl (C=O) groups excluding carboxylic acids is 2. The summed E-state index contributed by atoms with van der Waals surface area (Å²) < 4.78 is 29.3. The summed E-state index contributed by atoms with van der Waals surface area (Å²) in [7, 11) is -4.19. The Hall–Kier alpha value is -3.07. The van der Waals surface area contributed by atoms with Gasteiger partial charge in [-0.05, 0) is 74.6 Å². The number of hydrogen-bond donors (Lipinski definition) is 1. The summed E-state index contributed by atoms with van der Waals surface area (Å²) in [6, 6.07) is 17.8. The Morgan fingerprint density at radius 1 is 0.907 bits per heavy atom. The summed E-state index contributed by atoms with van der Waals surface area (Å²) in [5, 5.41) is 3.98. The van der Waals surface area contributed by atoms with Gasteiger partial charge in [0.25, 0.3) is 10.0 Å². The molecule has 1 saturated carbocycles. The van der Waals surface area contributed by atoms with E-state index in [1.165, 1.54) is 17.0 Å². The average Bonchev–Trinajstić information content (AvgIpc) is 2.99. The standard InChI is InChI=1S/C33H39Cl2N3O4S/c1-4-30(33(40)36-26-12-6-5-7-13-26)37(21-25-11-8-9-14-29(25)35)32(39)22-38(31-16-10-15-28(34)24(31)3)43(41,42)27-19-17-23(2)18-20-27/h8-11,14-20,26,30H,4-7,12-13,21-22H2,1-3H3,(H,36,40). The maximum Gasteiger partial charge on any atom is 0.264 e. The number of amides is 2. The molecular formula is C33H39Cl2N3O4S. The Labute approximate surface area is 265 Å². The smallest absolute Gasteiger partial charge is 0.264 e. The highest BCUT2D eigenvalue weighted by Crippen LogP contribution is 2.32. The summed E-state index contributed by atoms with van der Waals surface area (Å²) in [5.74, 6) is -0.776. The van der Waals surface area contributed by atoms with Crippen LogP contribution >= 0.6 is 23.2 Å². The molecule has 3 aromatic rings. The number of hydrogen-bond acceptors (Lipinski definition) is 4. The molecule has 0 saturated heterocycles. The second-order valence-electron chi connectivity index (χ2n) is 11.1. The van der Waals surface area contributed by atoms with Crippen molar-refractivity contribution in [2.75, 3.05) is 10.8 Å². The lowest BCUT2D eigenvalue weighted by Crippen LogP contribution is -2.54. The zero-order chi connectivity index (χ0) is 31.1. The van der Waals surface area contributed by atoms with Gasteiger partial charge in [-0.3, -0.25) is 13.9 Å². The number of nitrogens with zero attached hydrogens (tertiary/aromatic N) is 2. The third-order valence-electron chi connectivity index (χ3n) is 8.03. The molecule has 1 atom stereocenters. The predicted octanol–water partition coefficient (Wildman–Crippen LogP) is 7.06. The number of benzene rings is 3. The van der Waals surface area contributed by atoms with Gasteiger partial charge < -0.3 is 10.2 Å². The normalized spacial score (nSPS) is 14.6. The van der Waals surface area contributed by atoms with Crippen LogP contribution in [-0.4, -0.2) is 43.8 Å². The van der Waals surface area contributed by atoms with Crippen molar-refractivity contribution >= 4 is 50.7 Å². The molecule has 43 heavy (non-hydrogen) atoms. The van der Waals surface area contributed by atoms with Gasteiger partial charge in [0.2, 0.25) is 11.8 Å². The molecule has 3 aromatic carbocycles. The van der Waals surface area contributed by atoms with Crippen LogP contribution in [0.5, 0.6) is 0 Å². The van der Waals surface area contributed by atoms with Crippen molar-refractivity contribution in [3.63, 3.8) is 0 Å². The maximum absolute atomic E-state index is 14.3. The highest BCUT2D eigenvalue weighted by molar-refractivity contribution is 7.92. The highest BCUT2D eigenvalue weighted by Gasteiger charge is 2.35. The van der Waals surface area contributed by atoms with Crippen LogP contribution in [0.2, 0.25) is 10.0 Å². The third kappa shape index (κ3) is 7.91. The summed E-state index contributed by atoms with van der Waals surface area (Å²) >= 11 is 12.9. The fraction of sp³-hybridized carbons (Fsp3) is 0.394. The van der Waals surface area contributed by atoms with Crippen LogP contribution in [0.4, 0.5) is 5.69 Å². The molecule has 230 valence electrons. The molecule has 1 N–H and O–H groups in total. The van der Waals surface area contributed by atoms with Crippen LogP contribution in [-0.2, 0) is 26.2 Å².